The number of non-ortho nitro benzene ring substituents is 1. The van der Waals surface area contributed by atoms with Crippen LogP contribution in [0.25, 0.3) is 0 Å². The molecule has 19 heavy (non-hydrogen) atoms. The number of nitriles is 1. The summed E-state index contributed by atoms with van der Waals surface area (Å²) in [4.78, 5) is 23.4. The largest absolute Gasteiger partial charge is 0.324 e. The number of rotatable bonds is 5. The fourth-order valence-corrected chi connectivity index (χ4v) is 1.49. The second-order valence-corrected chi connectivity index (χ2v) is 3.73. The minimum Gasteiger partial charge on any atom is -0.324 e. The minimum atomic E-state index is -0.525. The monoisotopic (exact) mass is 262 g/mol. The summed E-state index contributed by atoms with van der Waals surface area (Å²) in [5, 5.41) is 21.7. The van der Waals surface area contributed by atoms with Crippen molar-refractivity contribution in [1.82, 2.24) is 4.90 Å². The zero-order chi connectivity index (χ0) is 14.3. The lowest BCUT2D eigenvalue weighted by atomic mass is 10.3. The first-order valence-electron chi connectivity index (χ1n) is 5.75. The molecular weight excluding hydrogens is 248 g/mol. The minimum absolute atomic E-state index is 0.0853. The number of benzene rings is 1. The predicted molar refractivity (Wildman–Crippen MR) is 69.6 cm³/mol. The zero-order valence-corrected chi connectivity index (χ0v) is 10.5. The Labute approximate surface area is 110 Å². The molecular formula is C12H14N4O3. The highest BCUT2D eigenvalue weighted by Gasteiger charge is 2.12. The van der Waals surface area contributed by atoms with E-state index in [1.54, 1.807) is 13.0 Å². The third-order valence-electron chi connectivity index (χ3n) is 2.47. The van der Waals surface area contributed by atoms with Gasteiger partial charge < -0.3 is 10.2 Å². The van der Waals surface area contributed by atoms with Crippen LogP contribution in [0.1, 0.15) is 13.3 Å². The lowest BCUT2D eigenvalue weighted by Crippen LogP contribution is -2.35. The van der Waals surface area contributed by atoms with Crippen molar-refractivity contribution in [2.75, 3.05) is 18.4 Å². The van der Waals surface area contributed by atoms with Crippen LogP contribution in [0.4, 0.5) is 16.2 Å². The maximum atomic E-state index is 11.9. The lowest BCUT2D eigenvalue weighted by molar-refractivity contribution is -0.384. The number of nitro benzene ring substituents is 1. The summed E-state index contributed by atoms with van der Waals surface area (Å²) in [5.41, 5.74) is 0.271. The molecule has 0 saturated carbocycles. The molecule has 0 fully saturated rings. The first-order chi connectivity index (χ1) is 9.08. The molecule has 0 aromatic heterocycles. The van der Waals surface area contributed by atoms with Gasteiger partial charge in [0.1, 0.15) is 0 Å². The van der Waals surface area contributed by atoms with Gasteiger partial charge in [-0.2, -0.15) is 5.26 Å². The van der Waals surface area contributed by atoms with Gasteiger partial charge in [-0.05, 0) is 13.0 Å². The van der Waals surface area contributed by atoms with E-state index in [1.807, 2.05) is 6.07 Å². The molecule has 1 aromatic carbocycles. The summed E-state index contributed by atoms with van der Waals surface area (Å²) >= 11 is 0. The van der Waals surface area contributed by atoms with Crippen LogP contribution in [-0.4, -0.2) is 28.9 Å². The van der Waals surface area contributed by atoms with Gasteiger partial charge >= 0.3 is 6.03 Å². The second kappa shape index (κ2) is 6.96. The highest BCUT2D eigenvalue weighted by Crippen LogP contribution is 2.17. The molecule has 0 aliphatic heterocycles. The molecule has 1 aromatic rings. The van der Waals surface area contributed by atoms with Gasteiger partial charge in [-0.1, -0.05) is 6.07 Å². The van der Waals surface area contributed by atoms with Gasteiger partial charge in [-0.15, -0.1) is 0 Å². The molecule has 0 heterocycles. The number of anilines is 1. The van der Waals surface area contributed by atoms with Gasteiger partial charge in [-0.3, -0.25) is 10.1 Å². The summed E-state index contributed by atoms with van der Waals surface area (Å²) in [6.07, 6.45) is 0.246. The normalized spacial score (nSPS) is 9.47. The van der Waals surface area contributed by atoms with Gasteiger partial charge in [0.25, 0.3) is 5.69 Å². The Morgan fingerprint density at radius 2 is 2.32 bits per heavy atom. The Bertz CT molecular complexity index is 510. The van der Waals surface area contributed by atoms with Crippen molar-refractivity contribution in [3.8, 4) is 6.07 Å². The van der Waals surface area contributed by atoms with Crippen LogP contribution in [0.3, 0.4) is 0 Å². The third-order valence-corrected chi connectivity index (χ3v) is 2.47. The van der Waals surface area contributed by atoms with E-state index in [0.717, 1.165) is 0 Å². The maximum absolute atomic E-state index is 11.9. The van der Waals surface area contributed by atoms with Crippen molar-refractivity contribution >= 4 is 17.4 Å². The van der Waals surface area contributed by atoms with E-state index < -0.39 is 4.92 Å². The van der Waals surface area contributed by atoms with Crippen molar-refractivity contribution in [2.24, 2.45) is 0 Å². The highest BCUT2D eigenvalue weighted by molar-refractivity contribution is 5.89. The summed E-state index contributed by atoms with van der Waals surface area (Å²) in [6, 6.07) is 7.30. The molecule has 0 spiro atoms. The highest BCUT2D eigenvalue weighted by atomic mass is 16.6. The number of nitrogens with one attached hydrogen (secondary N) is 1. The number of amides is 2. The van der Waals surface area contributed by atoms with Gasteiger partial charge in [0, 0.05) is 30.9 Å². The quantitative estimate of drug-likeness (QED) is 0.650. The van der Waals surface area contributed by atoms with Crippen molar-refractivity contribution in [3.63, 3.8) is 0 Å². The average Bonchev–Trinajstić information content (AvgIpc) is 2.40. The number of nitrogens with zero attached hydrogens (tertiary/aromatic N) is 3. The number of carbonyl (C=O) groups is 1. The SMILES string of the molecule is CCN(CCC#N)C(=O)Nc1cccc([N+](=O)[O-])c1. The maximum Gasteiger partial charge on any atom is 0.321 e. The van der Waals surface area contributed by atoms with E-state index in [9.17, 15) is 14.9 Å². The number of carbonyl (C=O) groups excluding carboxylic acids is 1. The molecule has 0 saturated heterocycles. The Morgan fingerprint density at radius 1 is 1.58 bits per heavy atom. The molecule has 0 radical (unpaired) electrons. The molecule has 1 N–H and O–H groups in total. The van der Waals surface area contributed by atoms with Crippen LogP contribution in [0.2, 0.25) is 0 Å². The van der Waals surface area contributed by atoms with E-state index in [2.05, 4.69) is 5.32 Å². The first kappa shape index (κ1) is 14.4. The summed E-state index contributed by atoms with van der Waals surface area (Å²) in [7, 11) is 0. The average molecular weight is 262 g/mol. The van der Waals surface area contributed by atoms with Crippen LogP contribution in [-0.2, 0) is 0 Å². The van der Waals surface area contributed by atoms with Crippen molar-refractivity contribution in [2.45, 2.75) is 13.3 Å². The fraction of sp³-hybridized carbons (Fsp3) is 0.333. The molecule has 0 unspecified atom stereocenters. The number of hydrogen-bond acceptors (Lipinski definition) is 4. The molecule has 2 amide bonds. The summed E-state index contributed by atoms with van der Waals surface area (Å²) in [5.74, 6) is 0. The van der Waals surface area contributed by atoms with Crippen LogP contribution in [0.5, 0.6) is 0 Å². The van der Waals surface area contributed by atoms with Crippen LogP contribution >= 0.6 is 0 Å². The Kier molecular flexibility index (Phi) is 5.29. The summed E-state index contributed by atoms with van der Waals surface area (Å²) < 4.78 is 0. The molecule has 1 rings (SSSR count). The van der Waals surface area contributed by atoms with Crippen molar-refractivity contribution < 1.29 is 9.72 Å². The van der Waals surface area contributed by atoms with E-state index >= 15 is 0 Å². The molecule has 0 aliphatic carbocycles. The second-order valence-electron chi connectivity index (χ2n) is 3.73. The van der Waals surface area contributed by atoms with Gasteiger partial charge in [0.15, 0.2) is 0 Å². The number of urea groups is 1. The van der Waals surface area contributed by atoms with E-state index in [-0.39, 0.29) is 18.1 Å². The summed E-state index contributed by atoms with van der Waals surface area (Å²) in [6.45, 7) is 2.58. The predicted octanol–water partition coefficient (Wildman–Crippen LogP) is 2.36. The van der Waals surface area contributed by atoms with E-state index in [0.29, 0.717) is 18.8 Å². The lowest BCUT2D eigenvalue weighted by Gasteiger charge is -2.19. The zero-order valence-electron chi connectivity index (χ0n) is 10.5. The van der Waals surface area contributed by atoms with Gasteiger partial charge in [0.05, 0.1) is 17.4 Å². The van der Waals surface area contributed by atoms with E-state index in [1.165, 1.54) is 23.1 Å². The van der Waals surface area contributed by atoms with Crippen LogP contribution in [0, 0.1) is 21.4 Å². The fourth-order valence-electron chi connectivity index (χ4n) is 1.49. The number of hydrogen-bond donors (Lipinski definition) is 1. The standard InChI is InChI=1S/C12H14N4O3/c1-2-15(8-4-7-13)12(17)14-10-5-3-6-11(9-10)16(18)19/h3,5-6,9H,2,4,8H2,1H3,(H,14,17). The van der Waals surface area contributed by atoms with Gasteiger partial charge in [-0.25, -0.2) is 4.79 Å². The van der Waals surface area contributed by atoms with Crippen molar-refractivity contribution in [1.29, 1.82) is 5.26 Å². The molecule has 0 bridgehead atoms. The number of nitro groups is 1. The Balaban J connectivity index is 2.73. The Hall–Kier alpha value is -2.62. The molecule has 100 valence electrons. The van der Waals surface area contributed by atoms with Crippen LogP contribution < -0.4 is 5.32 Å². The van der Waals surface area contributed by atoms with Crippen LogP contribution in [0.15, 0.2) is 24.3 Å². The third kappa shape index (κ3) is 4.27. The molecule has 7 heteroatoms. The Morgan fingerprint density at radius 3 is 2.89 bits per heavy atom. The smallest absolute Gasteiger partial charge is 0.321 e. The van der Waals surface area contributed by atoms with E-state index in [4.69, 9.17) is 5.26 Å². The van der Waals surface area contributed by atoms with Crippen molar-refractivity contribution in [3.05, 3.63) is 34.4 Å². The topological polar surface area (TPSA) is 99.3 Å². The molecule has 0 aliphatic rings. The van der Waals surface area contributed by atoms with Gasteiger partial charge in [0.2, 0.25) is 0 Å². The molecule has 0 atom stereocenters. The molecule has 7 nitrogen and oxygen atoms in total. The first-order valence-corrected chi connectivity index (χ1v) is 5.75.